The third-order valence-corrected chi connectivity index (χ3v) is 4.48. The minimum Gasteiger partial charge on any atom is -0.334 e. The molecule has 5 nitrogen and oxygen atoms in total. The largest absolute Gasteiger partial charge is 0.334 e. The number of quaternary nitrogens is 1. The summed E-state index contributed by atoms with van der Waals surface area (Å²) in [5.74, 6) is -0.153. The number of benzene rings is 2. The van der Waals surface area contributed by atoms with E-state index in [0.29, 0.717) is 23.8 Å². The first-order valence-corrected chi connectivity index (χ1v) is 8.71. The van der Waals surface area contributed by atoms with E-state index in [-0.39, 0.29) is 24.3 Å². The smallest absolute Gasteiger partial charge is 0.281 e. The van der Waals surface area contributed by atoms with Crippen LogP contribution in [0.25, 0.3) is 0 Å². The Kier molecular flexibility index (Phi) is 5.68. The van der Waals surface area contributed by atoms with Crippen LogP contribution < -0.4 is 10.6 Å². The second-order valence-corrected chi connectivity index (χ2v) is 6.57. The number of halogens is 1. The van der Waals surface area contributed by atoms with Gasteiger partial charge in [0.2, 0.25) is 5.91 Å². The molecule has 1 aliphatic rings. The summed E-state index contributed by atoms with van der Waals surface area (Å²) in [5, 5.41) is 5.38. The Balaban J connectivity index is 1.57. The summed E-state index contributed by atoms with van der Waals surface area (Å²) in [6.45, 7) is 2.09. The van der Waals surface area contributed by atoms with E-state index < -0.39 is 0 Å². The lowest BCUT2D eigenvalue weighted by Crippen LogP contribution is -2.96. The van der Waals surface area contributed by atoms with Crippen molar-refractivity contribution in [1.82, 2.24) is 4.90 Å². The normalized spacial score (nSPS) is 17.4. The Morgan fingerprint density at radius 3 is 2.60 bits per heavy atom. The molecule has 1 fully saturated rings. The first-order valence-electron chi connectivity index (χ1n) is 8.33. The molecule has 2 aromatic rings. The third kappa shape index (κ3) is 4.81. The van der Waals surface area contributed by atoms with Crippen LogP contribution in [0, 0.1) is 0 Å². The Bertz CT molecular complexity index is 734. The second-order valence-electron chi connectivity index (χ2n) is 6.14. The summed E-state index contributed by atoms with van der Waals surface area (Å²) in [7, 11) is 0. The number of carbonyl (C=O) groups excluding carboxylic acids is 2. The molecule has 0 bridgehead atoms. The molecule has 0 aliphatic carbocycles. The third-order valence-electron chi connectivity index (χ3n) is 4.23. The highest BCUT2D eigenvalue weighted by Crippen LogP contribution is 2.14. The molecule has 3 N–H and O–H groups in total. The van der Waals surface area contributed by atoms with Crippen LogP contribution in [0.1, 0.15) is 12.0 Å². The maximum atomic E-state index is 12.7. The van der Waals surface area contributed by atoms with E-state index in [4.69, 9.17) is 11.6 Å². The van der Waals surface area contributed by atoms with E-state index in [1.165, 1.54) is 0 Å². The van der Waals surface area contributed by atoms with Gasteiger partial charge in [-0.05, 0) is 29.8 Å². The number of nitrogens with two attached hydrogens (primary N) is 1. The molecule has 2 amide bonds. The van der Waals surface area contributed by atoms with Gasteiger partial charge in [0.1, 0.15) is 0 Å². The van der Waals surface area contributed by atoms with Crippen molar-refractivity contribution >= 4 is 29.1 Å². The minimum absolute atomic E-state index is 0.0151. The number of nitrogens with one attached hydrogen (secondary N) is 1. The number of piperazine rings is 1. The van der Waals surface area contributed by atoms with Gasteiger partial charge in [-0.15, -0.1) is 0 Å². The zero-order valence-electron chi connectivity index (χ0n) is 13.8. The molecule has 0 aromatic heterocycles. The molecule has 6 heteroatoms. The van der Waals surface area contributed by atoms with Crippen molar-refractivity contribution in [3.8, 4) is 0 Å². The topological polar surface area (TPSA) is 66.0 Å². The highest BCUT2D eigenvalue weighted by Gasteiger charge is 2.33. The van der Waals surface area contributed by atoms with Crippen LogP contribution in [-0.4, -0.2) is 35.8 Å². The summed E-state index contributed by atoms with van der Waals surface area (Å²) in [6, 6.07) is 16.5. The molecule has 130 valence electrons. The molecule has 1 heterocycles. The molecule has 0 saturated carbocycles. The molecule has 1 atom stereocenters. The molecule has 1 aliphatic heterocycles. The number of amides is 2. The highest BCUT2D eigenvalue weighted by molar-refractivity contribution is 6.30. The molecule has 0 spiro atoms. The van der Waals surface area contributed by atoms with E-state index in [0.717, 1.165) is 12.1 Å². The molecule has 1 saturated heterocycles. The van der Waals surface area contributed by atoms with Crippen LogP contribution in [0.3, 0.4) is 0 Å². The zero-order valence-corrected chi connectivity index (χ0v) is 14.6. The monoisotopic (exact) mass is 358 g/mol. The van der Waals surface area contributed by atoms with Crippen LogP contribution in [0.15, 0.2) is 54.6 Å². The summed E-state index contributed by atoms with van der Waals surface area (Å²) in [6.07, 6.45) is 0.159. The van der Waals surface area contributed by atoms with Crippen molar-refractivity contribution in [3.63, 3.8) is 0 Å². The number of hydrogen-bond donors (Lipinski definition) is 2. The number of hydrogen-bond acceptors (Lipinski definition) is 2. The fraction of sp³-hybridized carbons (Fsp3) is 0.263. The SMILES string of the molecule is O=C(C[C@H]1[NH2+]CCN(Cc2ccccc2)C1=O)Nc1ccc(Cl)cc1. The quantitative estimate of drug-likeness (QED) is 0.853. The lowest BCUT2D eigenvalue weighted by Gasteiger charge is -2.30. The summed E-state index contributed by atoms with van der Waals surface area (Å²) in [4.78, 5) is 26.7. The van der Waals surface area contributed by atoms with E-state index in [1.807, 2.05) is 40.5 Å². The zero-order chi connectivity index (χ0) is 17.6. The number of carbonyl (C=O) groups is 2. The van der Waals surface area contributed by atoms with Gasteiger partial charge in [0.15, 0.2) is 6.04 Å². The predicted molar refractivity (Wildman–Crippen MR) is 97.1 cm³/mol. The number of anilines is 1. The van der Waals surface area contributed by atoms with Gasteiger partial charge in [0, 0.05) is 17.3 Å². The lowest BCUT2D eigenvalue weighted by molar-refractivity contribution is -0.682. The fourth-order valence-electron chi connectivity index (χ4n) is 2.95. The Morgan fingerprint density at radius 1 is 1.16 bits per heavy atom. The van der Waals surface area contributed by atoms with Crippen molar-refractivity contribution in [2.45, 2.75) is 19.0 Å². The standard InChI is InChI=1S/C19H20ClN3O2/c20-15-6-8-16(9-7-15)22-18(24)12-17-19(25)23(11-10-21-17)13-14-4-2-1-3-5-14/h1-9,17,21H,10-13H2,(H,22,24)/p+1/t17-/m1/s1. The van der Waals surface area contributed by atoms with Crippen molar-refractivity contribution in [3.05, 3.63) is 65.2 Å². The van der Waals surface area contributed by atoms with Crippen LogP contribution in [0.5, 0.6) is 0 Å². The highest BCUT2D eigenvalue weighted by atomic mass is 35.5. The average molecular weight is 359 g/mol. The maximum absolute atomic E-state index is 12.7. The van der Waals surface area contributed by atoms with Gasteiger partial charge in [0.05, 0.1) is 19.5 Å². The minimum atomic E-state index is -0.371. The van der Waals surface area contributed by atoms with Gasteiger partial charge in [-0.1, -0.05) is 41.9 Å². The van der Waals surface area contributed by atoms with Gasteiger partial charge in [-0.3, -0.25) is 9.59 Å². The summed E-state index contributed by atoms with van der Waals surface area (Å²) in [5.41, 5.74) is 1.78. The van der Waals surface area contributed by atoms with Crippen LogP contribution in [-0.2, 0) is 16.1 Å². The van der Waals surface area contributed by atoms with E-state index in [2.05, 4.69) is 5.32 Å². The molecular weight excluding hydrogens is 338 g/mol. The Morgan fingerprint density at radius 2 is 1.88 bits per heavy atom. The van der Waals surface area contributed by atoms with Gasteiger partial charge < -0.3 is 15.5 Å². The Hall–Kier alpha value is -2.37. The van der Waals surface area contributed by atoms with Gasteiger partial charge in [-0.2, -0.15) is 0 Å². The summed E-state index contributed by atoms with van der Waals surface area (Å²) >= 11 is 5.84. The number of nitrogens with zero attached hydrogens (tertiary/aromatic N) is 1. The van der Waals surface area contributed by atoms with Gasteiger partial charge in [-0.25, -0.2) is 0 Å². The van der Waals surface area contributed by atoms with Gasteiger partial charge >= 0.3 is 0 Å². The fourth-order valence-corrected chi connectivity index (χ4v) is 3.08. The average Bonchev–Trinajstić information content (AvgIpc) is 2.61. The molecule has 3 rings (SSSR count). The van der Waals surface area contributed by atoms with Crippen molar-refractivity contribution in [2.24, 2.45) is 0 Å². The number of rotatable bonds is 5. The van der Waals surface area contributed by atoms with Gasteiger partial charge in [0.25, 0.3) is 5.91 Å². The molecule has 2 aromatic carbocycles. The van der Waals surface area contributed by atoms with E-state index in [1.54, 1.807) is 24.3 Å². The molecule has 25 heavy (non-hydrogen) atoms. The maximum Gasteiger partial charge on any atom is 0.281 e. The first-order chi connectivity index (χ1) is 12.1. The van der Waals surface area contributed by atoms with E-state index >= 15 is 0 Å². The molecule has 0 unspecified atom stereocenters. The Labute approximate surface area is 152 Å². The molecular formula is C19H21ClN3O2+. The van der Waals surface area contributed by atoms with Crippen LogP contribution >= 0.6 is 11.6 Å². The lowest BCUT2D eigenvalue weighted by atomic mass is 10.1. The summed E-state index contributed by atoms with van der Waals surface area (Å²) < 4.78 is 0. The second kappa shape index (κ2) is 8.14. The predicted octanol–water partition coefficient (Wildman–Crippen LogP) is 1.64. The van der Waals surface area contributed by atoms with Crippen LogP contribution in [0.4, 0.5) is 5.69 Å². The van der Waals surface area contributed by atoms with E-state index in [9.17, 15) is 9.59 Å². The van der Waals surface area contributed by atoms with Crippen LogP contribution in [0.2, 0.25) is 5.02 Å². The van der Waals surface area contributed by atoms with Crippen molar-refractivity contribution in [1.29, 1.82) is 0 Å². The first kappa shape index (κ1) is 17.5. The van der Waals surface area contributed by atoms with Crippen molar-refractivity contribution < 1.29 is 14.9 Å². The van der Waals surface area contributed by atoms with Crippen molar-refractivity contribution in [2.75, 3.05) is 18.4 Å². The molecule has 0 radical (unpaired) electrons.